The van der Waals surface area contributed by atoms with Crippen LogP contribution in [0.5, 0.6) is 0 Å². The second-order valence-electron chi connectivity index (χ2n) is 5.55. The highest BCUT2D eigenvalue weighted by Crippen LogP contribution is 2.39. The topological polar surface area (TPSA) is 45.0 Å². The van der Waals surface area contributed by atoms with Crippen molar-refractivity contribution in [3.63, 3.8) is 0 Å². The van der Waals surface area contributed by atoms with Crippen molar-refractivity contribution in [1.29, 1.82) is 5.26 Å². The molecule has 2 aliphatic carbocycles. The highest BCUT2D eigenvalue weighted by atomic mass is 16.5. The maximum Gasteiger partial charge on any atom is 0.133 e. The SMILES string of the molecule is CCNC(C#N)(COCC1CCCC1)C1CC1. The molecule has 17 heavy (non-hydrogen) atoms. The summed E-state index contributed by atoms with van der Waals surface area (Å²) < 4.78 is 5.84. The van der Waals surface area contributed by atoms with Gasteiger partial charge in [0.2, 0.25) is 0 Å². The molecule has 2 rings (SSSR count). The van der Waals surface area contributed by atoms with E-state index in [-0.39, 0.29) is 0 Å². The number of ether oxygens (including phenoxy) is 1. The number of nitrogens with one attached hydrogen (secondary N) is 1. The molecule has 0 amide bonds. The highest BCUT2D eigenvalue weighted by molar-refractivity contribution is 5.15. The standard InChI is InChI=1S/C14H24N2O/c1-2-16-14(10-15,13-7-8-13)11-17-9-12-5-3-4-6-12/h12-13,16H,2-9,11H2,1H3. The third kappa shape index (κ3) is 3.20. The Kier molecular flexibility index (Phi) is 4.42. The van der Waals surface area contributed by atoms with Gasteiger partial charge in [-0.1, -0.05) is 19.8 Å². The van der Waals surface area contributed by atoms with Crippen molar-refractivity contribution in [2.24, 2.45) is 11.8 Å². The van der Waals surface area contributed by atoms with Gasteiger partial charge in [-0.25, -0.2) is 0 Å². The summed E-state index contributed by atoms with van der Waals surface area (Å²) in [4.78, 5) is 0. The maximum absolute atomic E-state index is 9.42. The lowest BCUT2D eigenvalue weighted by molar-refractivity contribution is 0.0584. The minimum Gasteiger partial charge on any atom is -0.378 e. The highest BCUT2D eigenvalue weighted by Gasteiger charge is 2.45. The minimum absolute atomic E-state index is 0.409. The van der Waals surface area contributed by atoms with Crippen LogP contribution in [0.3, 0.4) is 0 Å². The number of nitrogens with zero attached hydrogens (tertiary/aromatic N) is 1. The normalized spacial score (nSPS) is 24.5. The molecular formula is C14H24N2O. The van der Waals surface area contributed by atoms with Gasteiger partial charge in [-0.2, -0.15) is 5.26 Å². The predicted molar refractivity (Wildman–Crippen MR) is 67.5 cm³/mol. The lowest BCUT2D eigenvalue weighted by atomic mass is 9.96. The Labute approximate surface area is 105 Å². The second kappa shape index (κ2) is 5.84. The van der Waals surface area contributed by atoms with Crippen molar-refractivity contribution in [2.75, 3.05) is 19.8 Å². The third-order valence-electron chi connectivity index (χ3n) is 4.12. The molecule has 2 fully saturated rings. The summed E-state index contributed by atoms with van der Waals surface area (Å²) in [5, 5.41) is 12.8. The van der Waals surface area contributed by atoms with E-state index in [1.807, 2.05) is 0 Å². The molecule has 1 N–H and O–H groups in total. The molecule has 2 saturated carbocycles. The van der Waals surface area contributed by atoms with Crippen LogP contribution >= 0.6 is 0 Å². The Bertz CT molecular complexity index is 276. The van der Waals surface area contributed by atoms with Crippen molar-refractivity contribution < 1.29 is 4.74 Å². The van der Waals surface area contributed by atoms with Crippen LogP contribution in [0.25, 0.3) is 0 Å². The molecule has 3 nitrogen and oxygen atoms in total. The summed E-state index contributed by atoms with van der Waals surface area (Å²) in [5.74, 6) is 1.25. The van der Waals surface area contributed by atoms with Crippen LogP contribution < -0.4 is 5.32 Å². The van der Waals surface area contributed by atoms with Crippen molar-refractivity contribution in [1.82, 2.24) is 5.32 Å². The molecule has 1 unspecified atom stereocenters. The first-order chi connectivity index (χ1) is 8.30. The Hall–Kier alpha value is -0.590. The summed E-state index contributed by atoms with van der Waals surface area (Å²) in [6, 6.07) is 2.47. The Balaban J connectivity index is 1.78. The summed E-state index contributed by atoms with van der Waals surface area (Å²) in [5.41, 5.74) is -0.409. The monoisotopic (exact) mass is 236 g/mol. The van der Waals surface area contributed by atoms with Gasteiger partial charge in [0.15, 0.2) is 0 Å². The number of rotatable bonds is 7. The molecule has 0 bridgehead atoms. The summed E-state index contributed by atoms with van der Waals surface area (Å²) in [7, 11) is 0. The zero-order chi connectivity index (χ0) is 12.1. The second-order valence-corrected chi connectivity index (χ2v) is 5.55. The van der Waals surface area contributed by atoms with Gasteiger partial charge in [-0.3, -0.25) is 5.32 Å². The Morgan fingerprint density at radius 3 is 2.53 bits per heavy atom. The Morgan fingerprint density at radius 1 is 1.29 bits per heavy atom. The predicted octanol–water partition coefficient (Wildman–Crippen LogP) is 2.48. The van der Waals surface area contributed by atoms with Crippen LogP contribution in [0.15, 0.2) is 0 Å². The molecule has 0 aromatic heterocycles. The zero-order valence-corrected chi connectivity index (χ0v) is 10.9. The Morgan fingerprint density at radius 2 is 2.00 bits per heavy atom. The zero-order valence-electron chi connectivity index (χ0n) is 10.9. The smallest absolute Gasteiger partial charge is 0.133 e. The molecule has 0 radical (unpaired) electrons. The van der Waals surface area contributed by atoms with Gasteiger partial charge < -0.3 is 4.74 Å². The van der Waals surface area contributed by atoms with Gasteiger partial charge in [-0.15, -0.1) is 0 Å². The molecule has 1 atom stereocenters. The van der Waals surface area contributed by atoms with Crippen molar-refractivity contribution >= 4 is 0 Å². The first-order valence-corrected chi connectivity index (χ1v) is 7.05. The van der Waals surface area contributed by atoms with Crippen molar-refractivity contribution in [2.45, 2.75) is 51.0 Å². The molecule has 0 saturated heterocycles. The summed E-state index contributed by atoms with van der Waals surface area (Å²) >= 11 is 0. The molecule has 0 aromatic carbocycles. The van der Waals surface area contributed by atoms with E-state index < -0.39 is 5.54 Å². The number of nitriles is 1. The van der Waals surface area contributed by atoms with Gasteiger partial charge in [-0.05, 0) is 44.1 Å². The average molecular weight is 236 g/mol. The minimum atomic E-state index is -0.409. The molecular weight excluding hydrogens is 212 g/mol. The van der Waals surface area contributed by atoms with Gasteiger partial charge >= 0.3 is 0 Å². The van der Waals surface area contributed by atoms with Crippen LogP contribution in [-0.4, -0.2) is 25.3 Å². The maximum atomic E-state index is 9.42. The van der Waals surface area contributed by atoms with E-state index >= 15 is 0 Å². The van der Waals surface area contributed by atoms with E-state index in [2.05, 4.69) is 18.3 Å². The largest absolute Gasteiger partial charge is 0.378 e. The molecule has 0 aromatic rings. The number of hydrogen-bond donors (Lipinski definition) is 1. The van der Waals surface area contributed by atoms with Crippen molar-refractivity contribution in [3.05, 3.63) is 0 Å². The van der Waals surface area contributed by atoms with Crippen LogP contribution in [0.4, 0.5) is 0 Å². The van der Waals surface area contributed by atoms with Crippen LogP contribution in [-0.2, 0) is 4.74 Å². The van der Waals surface area contributed by atoms with Crippen LogP contribution in [0.2, 0.25) is 0 Å². The van der Waals surface area contributed by atoms with E-state index in [1.165, 1.54) is 38.5 Å². The fraction of sp³-hybridized carbons (Fsp3) is 0.929. The molecule has 2 aliphatic rings. The molecule has 3 heteroatoms. The van der Waals surface area contributed by atoms with Crippen molar-refractivity contribution in [3.8, 4) is 6.07 Å². The van der Waals surface area contributed by atoms with E-state index in [4.69, 9.17) is 4.74 Å². The first kappa shape index (κ1) is 12.9. The fourth-order valence-corrected chi connectivity index (χ4v) is 2.93. The summed E-state index contributed by atoms with van der Waals surface area (Å²) in [6.45, 7) is 4.32. The van der Waals surface area contributed by atoms with E-state index in [0.717, 1.165) is 19.1 Å². The number of likely N-dealkylation sites (N-methyl/N-ethyl adjacent to an activating group) is 1. The average Bonchev–Trinajstić information content (AvgIpc) is 3.07. The van der Waals surface area contributed by atoms with Gasteiger partial charge in [0.05, 0.1) is 12.7 Å². The van der Waals surface area contributed by atoms with Crippen LogP contribution in [0, 0.1) is 23.2 Å². The summed E-state index contributed by atoms with van der Waals surface area (Å²) in [6.07, 6.45) is 7.68. The fourth-order valence-electron chi connectivity index (χ4n) is 2.93. The lowest BCUT2D eigenvalue weighted by Gasteiger charge is -2.27. The van der Waals surface area contributed by atoms with E-state index in [9.17, 15) is 5.26 Å². The van der Waals surface area contributed by atoms with Gasteiger partial charge in [0.1, 0.15) is 5.54 Å². The van der Waals surface area contributed by atoms with Gasteiger partial charge in [0, 0.05) is 6.61 Å². The first-order valence-electron chi connectivity index (χ1n) is 7.05. The molecule has 0 heterocycles. The third-order valence-corrected chi connectivity index (χ3v) is 4.12. The number of hydrogen-bond acceptors (Lipinski definition) is 3. The van der Waals surface area contributed by atoms with Gasteiger partial charge in [0.25, 0.3) is 0 Å². The molecule has 0 aliphatic heterocycles. The quantitative estimate of drug-likeness (QED) is 0.738. The van der Waals surface area contributed by atoms with Crippen LogP contribution in [0.1, 0.15) is 45.4 Å². The van der Waals surface area contributed by atoms with E-state index in [1.54, 1.807) is 0 Å². The molecule has 0 spiro atoms. The molecule has 96 valence electrons. The lowest BCUT2D eigenvalue weighted by Crippen LogP contribution is -2.50. The van der Waals surface area contributed by atoms with E-state index in [0.29, 0.717) is 12.5 Å².